The molecule has 1 aliphatic heterocycles. The molecule has 0 bridgehead atoms. The van der Waals surface area contributed by atoms with Crippen LogP contribution in [0.15, 0.2) is 77.7 Å². The molecule has 9 heteroatoms. The van der Waals surface area contributed by atoms with Gasteiger partial charge in [0.25, 0.3) is 20.0 Å². The number of nitrogens with zero attached hydrogens (tertiary/aromatic N) is 1. The maximum absolute atomic E-state index is 13.6. The van der Waals surface area contributed by atoms with Crippen molar-refractivity contribution < 1.29 is 21.6 Å². The first-order valence-electron chi connectivity index (χ1n) is 10.3. The van der Waals surface area contributed by atoms with Gasteiger partial charge in [0.1, 0.15) is 11.6 Å². The molecule has 4 aromatic rings. The van der Waals surface area contributed by atoms with Gasteiger partial charge in [0.05, 0.1) is 17.8 Å². The van der Waals surface area contributed by atoms with Gasteiger partial charge in [-0.25, -0.2) is 8.42 Å². The van der Waals surface area contributed by atoms with Crippen molar-refractivity contribution in [2.45, 2.75) is 17.7 Å². The van der Waals surface area contributed by atoms with E-state index in [-0.39, 0.29) is 16.5 Å². The van der Waals surface area contributed by atoms with Crippen LogP contribution in [0.1, 0.15) is 22.6 Å². The predicted octanol–water partition coefficient (Wildman–Crippen LogP) is 4.16. The van der Waals surface area contributed by atoms with Crippen LogP contribution in [0.4, 0.5) is 5.82 Å². The van der Waals surface area contributed by atoms with Gasteiger partial charge in [-0.3, -0.25) is 0 Å². The van der Waals surface area contributed by atoms with Gasteiger partial charge in [0.2, 0.25) is 0 Å². The minimum Gasteiger partial charge on any atom is -0.497 e. The number of aryl methyl sites for hydroxylation is 1. The van der Waals surface area contributed by atoms with Crippen molar-refractivity contribution in [3.63, 3.8) is 0 Å². The maximum Gasteiger partial charge on any atom is 0.278 e. The number of anilines is 1. The van der Waals surface area contributed by atoms with Gasteiger partial charge in [0.15, 0.2) is 0 Å². The van der Waals surface area contributed by atoms with Crippen LogP contribution < -0.4 is 8.45 Å². The number of aromatic nitrogens is 1. The Morgan fingerprint density at radius 1 is 1.00 bits per heavy atom. The third-order valence-corrected chi connectivity index (χ3v) is 10.1. The standard InChI is InChI=1S/C24H22N2O5S2/c1-16-10-12-19(13-11-16)33(29,30)26-24-23(20-8-3-4-9-22(20)25-24)21(15-32(26,27)28)17-6-5-7-18(14-17)31-2/h3-14,21,25H,15H2,1-2H3. The molecule has 1 unspecified atom stereocenters. The molecule has 170 valence electrons. The number of ether oxygens (including phenoxy) is 1. The van der Waals surface area contributed by atoms with Crippen LogP contribution in [0.25, 0.3) is 10.9 Å². The summed E-state index contributed by atoms with van der Waals surface area (Å²) >= 11 is 0. The first-order chi connectivity index (χ1) is 15.7. The monoisotopic (exact) mass is 482 g/mol. The molecular weight excluding hydrogens is 460 g/mol. The number of H-pyrrole nitrogens is 1. The van der Waals surface area contributed by atoms with Crippen molar-refractivity contribution >= 4 is 36.8 Å². The summed E-state index contributed by atoms with van der Waals surface area (Å²) < 4.78 is 60.2. The average Bonchev–Trinajstić information content (AvgIpc) is 3.16. The molecule has 1 N–H and O–H groups in total. The van der Waals surface area contributed by atoms with E-state index in [2.05, 4.69) is 4.98 Å². The van der Waals surface area contributed by atoms with Crippen LogP contribution in [0.3, 0.4) is 0 Å². The number of nitrogens with one attached hydrogen (secondary N) is 1. The van der Waals surface area contributed by atoms with Crippen molar-refractivity contribution in [3.05, 3.63) is 89.5 Å². The topological polar surface area (TPSA) is 96.5 Å². The predicted molar refractivity (Wildman–Crippen MR) is 128 cm³/mol. The van der Waals surface area contributed by atoms with E-state index in [9.17, 15) is 16.8 Å². The van der Waals surface area contributed by atoms with Gasteiger partial charge < -0.3 is 9.72 Å². The summed E-state index contributed by atoms with van der Waals surface area (Å²) in [5, 5.41) is 0.777. The Kier molecular flexibility index (Phi) is 4.98. The van der Waals surface area contributed by atoms with E-state index in [1.54, 1.807) is 43.5 Å². The molecule has 0 saturated heterocycles. The van der Waals surface area contributed by atoms with E-state index in [1.807, 2.05) is 31.2 Å². The fraction of sp³-hybridized carbons (Fsp3) is 0.167. The van der Waals surface area contributed by atoms with E-state index in [4.69, 9.17) is 4.74 Å². The molecule has 33 heavy (non-hydrogen) atoms. The normalized spacial score (nSPS) is 17.6. The van der Waals surface area contributed by atoms with E-state index >= 15 is 0 Å². The third-order valence-electron chi connectivity index (χ3n) is 5.92. The van der Waals surface area contributed by atoms with Gasteiger partial charge in [-0.05, 0) is 42.8 Å². The molecular formula is C24H22N2O5S2. The number of benzene rings is 3. The largest absolute Gasteiger partial charge is 0.497 e. The lowest BCUT2D eigenvalue weighted by atomic mass is 9.91. The quantitative estimate of drug-likeness (QED) is 0.471. The second-order valence-electron chi connectivity index (χ2n) is 8.06. The van der Waals surface area contributed by atoms with Crippen molar-refractivity contribution in [2.75, 3.05) is 16.6 Å². The van der Waals surface area contributed by atoms with Gasteiger partial charge in [-0.2, -0.15) is 8.42 Å². The molecule has 1 aliphatic rings. The van der Waals surface area contributed by atoms with Gasteiger partial charge in [-0.1, -0.05) is 48.0 Å². The van der Waals surface area contributed by atoms with Crippen molar-refractivity contribution in [1.29, 1.82) is 0 Å². The number of para-hydroxylation sites is 1. The molecule has 7 nitrogen and oxygen atoms in total. The zero-order valence-corrected chi connectivity index (χ0v) is 19.7. The first-order valence-corrected chi connectivity index (χ1v) is 13.4. The number of aromatic amines is 1. The first kappa shape index (κ1) is 21.5. The number of hydrogen-bond donors (Lipinski definition) is 1. The SMILES string of the molecule is COc1cccc(C2CS(=O)(=O)N(S(=O)(=O)c3ccc(C)cc3)c3[nH]c4ccccc4c32)c1. The number of rotatable bonds is 4. The van der Waals surface area contributed by atoms with Gasteiger partial charge >= 0.3 is 0 Å². The van der Waals surface area contributed by atoms with Crippen LogP contribution in [0.5, 0.6) is 5.75 Å². The van der Waals surface area contributed by atoms with Gasteiger partial charge in [-0.15, -0.1) is 3.71 Å². The van der Waals surface area contributed by atoms with Crippen LogP contribution in [-0.4, -0.2) is 34.7 Å². The Balaban J connectivity index is 1.79. The summed E-state index contributed by atoms with van der Waals surface area (Å²) in [7, 11) is -7.08. The summed E-state index contributed by atoms with van der Waals surface area (Å²) in [6, 6.07) is 20.7. The van der Waals surface area contributed by atoms with E-state index in [1.165, 1.54) is 12.1 Å². The lowest BCUT2D eigenvalue weighted by molar-refractivity contribution is 0.414. The maximum atomic E-state index is 13.6. The third kappa shape index (κ3) is 3.48. The fourth-order valence-corrected chi connectivity index (χ4v) is 8.37. The van der Waals surface area contributed by atoms with Crippen molar-refractivity contribution in [3.8, 4) is 5.75 Å². The summed E-state index contributed by atoms with van der Waals surface area (Å²) in [6.07, 6.45) is 0. The van der Waals surface area contributed by atoms with Crippen molar-refractivity contribution in [1.82, 2.24) is 4.98 Å². The molecule has 0 amide bonds. The van der Waals surface area contributed by atoms with Crippen LogP contribution >= 0.6 is 0 Å². The van der Waals surface area contributed by atoms with Crippen molar-refractivity contribution in [2.24, 2.45) is 0 Å². The second kappa shape index (κ2) is 7.64. The number of hydrogen-bond acceptors (Lipinski definition) is 5. The number of methoxy groups -OCH3 is 1. The Labute approximate surface area is 192 Å². The molecule has 1 atom stereocenters. The summed E-state index contributed by atoms with van der Waals surface area (Å²) in [5.74, 6) is -0.308. The highest BCUT2D eigenvalue weighted by Gasteiger charge is 2.46. The fourth-order valence-electron chi connectivity index (χ4n) is 4.34. The van der Waals surface area contributed by atoms with Gasteiger partial charge in [0, 0.05) is 22.4 Å². The highest BCUT2D eigenvalue weighted by molar-refractivity contribution is 8.10. The van der Waals surface area contributed by atoms with Crippen LogP contribution in [0, 0.1) is 6.92 Å². The molecule has 1 aromatic heterocycles. The Hall–Kier alpha value is -3.30. The highest BCUT2D eigenvalue weighted by Crippen LogP contribution is 2.46. The number of fused-ring (bicyclic) bond motifs is 3. The van der Waals surface area contributed by atoms with E-state index < -0.39 is 26.0 Å². The molecule has 2 heterocycles. The average molecular weight is 483 g/mol. The molecule has 0 fully saturated rings. The lowest BCUT2D eigenvalue weighted by Gasteiger charge is -2.32. The Morgan fingerprint density at radius 2 is 1.73 bits per heavy atom. The molecule has 0 radical (unpaired) electrons. The summed E-state index contributed by atoms with van der Waals surface area (Å²) in [6.45, 7) is 1.84. The van der Waals surface area contributed by atoms with Crippen LogP contribution in [-0.2, 0) is 20.0 Å². The minimum absolute atomic E-state index is 0.0517. The smallest absolute Gasteiger partial charge is 0.278 e. The Morgan fingerprint density at radius 3 is 2.45 bits per heavy atom. The lowest BCUT2D eigenvalue weighted by Crippen LogP contribution is -2.43. The zero-order valence-electron chi connectivity index (χ0n) is 18.0. The minimum atomic E-state index is -4.38. The molecule has 0 spiro atoms. The highest BCUT2D eigenvalue weighted by atomic mass is 32.3. The summed E-state index contributed by atoms with van der Waals surface area (Å²) in [4.78, 5) is 2.99. The Bertz CT molecular complexity index is 1570. The van der Waals surface area contributed by atoms with E-state index in [0.717, 1.165) is 16.5 Å². The zero-order chi connectivity index (χ0) is 23.4. The van der Waals surface area contributed by atoms with Crippen LogP contribution in [0.2, 0.25) is 0 Å². The molecule has 3 aromatic carbocycles. The molecule has 5 rings (SSSR count). The second-order valence-corrected chi connectivity index (χ2v) is 11.9. The number of sulfonamides is 2. The van der Waals surface area contributed by atoms with E-state index in [0.29, 0.717) is 20.5 Å². The molecule has 0 aliphatic carbocycles. The summed E-state index contributed by atoms with van der Waals surface area (Å²) in [5.41, 5.74) is 2.90. The molecule has 0 saturated carbocycles.